The van der Waals surface area contributed by atoms with E-state index in [4.69, 9.17) is 23.0 Å². The van der Waals surface area contributed by atoms with Crippen LogP contribution in [0, 0.1) is 25.7 Å². The maximum absolute atomic E-state index is 12.1. The minimum Gasteiger partial charge on any atom is -0.493 e. The van der Waals surface area contributed by atoms with E-state index in [0.717, 1.165) is 64.9 Å². The molecule has 2 aromatic heterocycles. The molecule has 4 heterocycles. The van der Waals surface area contributed by atoms with E-state index in [0.29, 0.717) is 55.5 Å². The highest BCUT2D eigenvalue weighted by atomic mass is 16.6. The van der Waals surface area contributed by atoms with Crippen LogP contribution in [-0.4, -0.2) is 78.0 Å². The van der Waals surface area contributed by atoms with Gasteiger partial charge in [0, 0.05) is 55.4 Å². The van der Waals surface area contributed by atoms with E-state index in [1.807, 2.05) is 98.8 Å². The molecule has 8 rings (SSSR count). The van der Waals surface area contributed by atoms with E-state index in [9.17, 15) is 14.7 Å². The molecule has 4 atom stereocenters. The largest absolute Gasteiger partial charge is 0.493 e. The van der Waals surface area contributed by atoms with Gasteiger partial charge in [-0.25, -0.2) is 14.8 Å². The van der Waals surface area contributed by atoms with Crippen LogP contribution in [0.2, 0.25) is 0 Å². The molecular weight excluding hydrogens is 773 g/mol. The molecular formula is C49H54N4O8. The Labute approximate surface area is 356 Å². The van der Waals surface area contributed by atoms with Gasteiger partial charge in [-0.2, -0.15) is 0 Å². The quantitative estimate of drug-likeness (QED) is 0.108. The van der Waals surface area contributed by atoms with E-state index < -0.39 is 18.0 Å². The minimum absolute atomic E-state index is 0.138. The maximum Gasteiger partial charge on any atom is 0.409 e. The molecule has 2 saturated heterocycles. The zero-order chi connectivity index (χ0) is 42.7. The lowest BCUT2D eigenvalue weighted by molar-refractivity contribution is -0.141. The second kappa shape index (κ2) is 20.2. The molecule has 61 heavy (non-hydrogen) atoms. The Morgan fingerprint density at radius 2 is 1.20 bits per heavy atom. The molecule has 0 saturated carbocycles. The number of aryl methyl sites for hydroxylation is 2. The molecule has 4 aromatic carbocycles. The smallest absolute Gasteiger partial charge is 0.409 e. The monoisotopic (exact) mass is 826 g/mol. The number of carboxylic acid groups (broad SMARTS) is 1. The van der Waals surface area contributed by atoms with Gasteiger partial charge in [0.05, 0.1) is 37.1 Å². The van der Waals surface area contributed by atoms with Crippen molar-refractivity contribution in [3.8, 4) is 34.4 Å². The van der Waals surface area contributed by atoms with E-state index in [1.54, 1.807) is 6.92 Å². The Morgan fingerprint density at radius 1 is 0.705 bits per heavy atom. The highest BCUT2D eigenvalue weighted by molar-refractivity contribution is 5.75. The number of aliphatic carboxylic acids is 1. The number of amides is 1. The first-order chi connectivity index (χ1) is 29.7. The third-order valence-corrected chi connectivity index (χ3v) is 11.3. The molecule has 0 aliphatic carbocycles. The molecule has 0 unspecified atom stereocenters. The van der Waals surface area contributed by atoms with Crippen molar-refractivity contribution in [1.82, 2.24) is 20.2 Å². The molecule has 12 nitrogen and oxygen atoms in total. The molecule has 318 valence electrons. The molecule has 2 N–H and O–H groups in total. The molecule has 6 aromatic rings. The summed E-state index contributed by atoms with van der Waals surface area (Å²) in [5, 5.41) is 13.1. The van der Waals surface area contributed by atoms with Gasteiger partial charge in [-0.3, -0.25) is 4.79 Å². The van der Waals surface area contributed by atoms with Crippen molar-refractivity contribution in [3.05, 3.63) is 143 Å². The van der Waals surface area contributed by atoms with E-state index in [1.165, 1.54) is 10.5 Å². The molecule has 0 bridgehead atoms. The van der Waals surface area contributed by atoms with Crippen molar-refractivity contribution in [2.75, 3.05) is 46.0 Å². The number of oxazole rings is 2. The summed E-state index contributed by atoms with van der Waals surface area (Å²) in [5.74, 6) is 3.87. The lowest BCUT2D eigenvalue weighted by Gasteiger charge is -2.16. The van der Waals surface area contributed by atoms with Crippen LogP contribution in [0.3, 0.4) is 0 Å². The molecule has 12 heteroatoms. The summed E-state index contributed by atoms with van der Waals surface area (Å²) in [5.41, 5.74) is 5.98. The van der Waals surface area contributed by atoms with Crippen LogP contribution < -0.4 is 14.8 Å². The number of nitrogens with one attached hydrogen (secondary N) is 1. The maximum atomic E-state index is 12.1. The van der Waals surface area contributed by atoms with Crippen LogP contribution in [0.5, 0.6) is 11.5 Å². The zero-order valence-electron chi connectivity index (χ0n) is 35.2. The van der Waals surface area contributed by atoms with E-state index >= 15 is 0 Å². The highest BCUT2D eigenvalue weighted by Gasteiger charge is 2.41. The summed E-state index contributed by atoms with van der Waals surface area (Å²) in [6.45, 7) is 11.8. The first kappa shape index (κ1) is 42.7. The fourth-order valence-electron chi connectivity index (χ4n) is 7.89. The standard InChI is InChI=1S/C26H28N2O6.C23H26N2O2/c1-3-32-26(31)28-15-21(22(16-28)25(29)30)18-9-11-20(12-10-18)33-14-13-23-17(2)34-24(27-23)19-7-5-4-6-8-19;1-16-14-24-15-21(16)18-8-10-20(11-9-18)26-13-12-22-17(2)27-23(25-22)19-6-4-3-5-7-19/h4-12,21-22H,3,13-16H2,1-2H3,(H,29,30);3-11,16,21,24H,12-15H2,1-2H3/t21-,22+;16-,21-/m10/s1. The minimum atomic E-state index is -0.921. The summed E-state index contributed by atoms with van der Waals surface area (Å²) in [6.07, 6.45) is 0.852. The number of carbonyl (C=O) groups excluding carboxylic acids is 1. The van der Waals surface area contributed by atoms with Crippen molar-refractivity contribution >= 4 is 12.1 Å². The summed E-state index contributed by atoms with van der Waals surface area (Å²) in [7, 11) is 0. The molecule has 0 radical (unpaired) electrons. The first-order valence-corrected chi connectivity index (χ1v) is 21.0. The summed E-state index contributed by atoms with van der Waals surface area (Å²) in [4.78, 5) is 34.5. The number of carboxylic acids is 1. The van der Waals surface area contributed by atoms with Gasteiger partial charge in [-0.1, -0.05) is 67.6 Å². The van der Waals surface area contributed by atoms with E-state index in [-0.39, 0.29) is 19.1 Å². The summed E-state index contributed by atoms with van der Waals surface area (Å²) >= 11 is 0. The van der Waals surface area contributed by atoms with Crippen molar-refractivity contribution in [1.29, 1.82) is 0 Å². The second-order valence-corrected chi connectivity index (χ2v) is 15.5. The van der Waals surface area contributed by atoms with Crippen molar-refractivity contribution in [3.63, 3.8) is 0 Å². The Bertz CT molecular complexity index is 2330. The third kappa shape index (κ3) is 10.9. The average molecular weight is 827 g/mol. The zero-order valence-corrected chi connectivity index (χ0v) is 35.2. The molecule has 0 spiro atoms. The van der Waals surface area contributed by atoms with Gasteiger partial charge in [0.15, 0.2) is 0 Å². The Hall–Kier alpha value is -6.40. The second-order valence-electron chi connectivity index (χ2n) is 15.5. The van der Waals surface area contributed by atoms with E-state index in [2.05, 4.69) is 46.5 Å². The van der Waals surface area contributed by atoms with Crippen LogP contribution in [0.25, 0.3) is 22.9 Å². The van der Waals surface area contributed by atoms with Crippen molar-refractivity contribution in [2.45, 2.75) is 52.4 Å². The first-order valence-electron chi connectivity index (χ1n) is 21.0. The fraction of sp³-hybridized carbons (Fsp3) is 0.347. The van der Waals surface area contributed by atoms with Gasteiger partial charge >= 0.3 is 12.1 Å². The number of hydrogen-bond donors (Lipinski definition) is 2. The number of carbonyl (C=O) groups is 2. The van der Waals surface area contributed by atoms with Crippen LogP contribution in [-0.2, 0) is 22.4 Å². The van der Waals surface area contributed by atoms with Crippen LogP contribution in [0.1, 0.15) is 59.7 Å². The summed E-state index contributed by atoms with van der Waals surface area (Å²) in [6, 6.07) is 35.6. The molecule has 2 aliphatic rings. The number of nitrogens with zero attached hydrogens (tertiary/aromatic N) is 3. The lowest BCUT2D eigenvalue weighted by Crippen LogP contribution is -2.30. The third-order valence-electron chi connectivity index (χ3n) is 11.3. The van der Waals surface area contributed by atoms with Gasteiger partial charge in [0.25, 0.3) is 0 Å². The molecule has 2 fully saturated rings. The average Bonchev–Trinajstić information content (AvgIpc) is 4.09. The van der Waals surface area contributed by atoms with Gasteiger partial charge < -0.3 is 38.4 Å². The lowest BCUT2D eigenvalue weighted by atomic mass is 9.89. The molecule has 2 aliphatic heterocycles. The van der Waals surface area contributed by atoms with Crippen LogP contribution >= 0.6 is 0 Å². The van der Waals surface area contributed by atoms with Gasteiger partial charge in [-0.05, 0) is 92.9 Å². The molecule has 1 amide bonds. The van der Waals surface area contributed by atoms with Crippen LogP contribution in [0.15, 0.2) is 118 Å². The Kier molecular flexibility index (Phi) is 14.2. The fourth-order valence-corrected chi connectivity index (χ4v) is 7.89. The normalized spacial score (nSPS) is 18.3. The van der Waals surface area contributed by atoms with Gasteiger partial charge in [0.2, 0.25) is 11.8 Å². The number of hydrogen-bond acceptors (Lipinski definition) is 10. The number of rotatable bonds is 14. The number of aromatic nitrogens is 2. The van der Waals surface area contributed by atoms with Crippen molar-refractivity contribution < 1.29 is 37.7 Å². The van der Waals surface area contributed by atoms with Crippen LogP contribution in [0.4, 0.5) is 4.79 Å². The Balaban J connectivity index is 0.000000189. The number of ether oxygens (including phenoxy) is 3. The number of benzene rings is 4. The van der Waals surface area contributed by atoms with Crippen molar-refractivity contribution in [2.24, 2.45) is 11.8 Å². The van der Waals surface area contributed by atoms with Gasteiger partial charge in [0.1, 0.15) is 23.0 Å². The number of likely N-dealkylation sites (tertiary alicyclic amines) is 1. The highest BCUT2D eigenvalue weighted by Crippen LogP contribution is 2.34. The topological polar surface area (TPSA) is 149 Å². The Morgan fingerprint density at radius 3 is 1.64 bits per heavy atom. The van der Waals surface area contributed by atoms with Gasteiger partial charge in [-0.15, -0.1) is 0 Å². The predicted octanol–water partition coefficient (Wildman–Crippen LogP) is 9.12. The predicted molar refractivity (Wildman–Crippen MR) is 232 cm³/mol. The SMILES string of the molecule is CCOC(=O)N1C[C@H](C(=O)O)[C@@H](c2ccc(OCCc3nc(-c4ccccc4)oc3C)cc2)C1.Cc1oc(-c2ccccc2)nc1CCOc1ccc([C@H]2CNC[C@@H]2C)cc1. The summed E-state index contributed by atoms with van der Waals surface area (Å²) < 4.78 is 28.5.